The minimum absolute atomic E-state index is 0.399. The highest BCUT2D eigenvalue weighted by Gasteiger charge is 2.07. The molecule has 0 spiro atoms. The van der Waals surface area contributed by atoms with Gasteiger partial charge in [-0.3, -0.25) is 4.68 Å². The first-order valence-electron chi connectivity index (χ1n) is 5.54. The molecule has 1 aromatic heterocycles. The summed E-state index contributed by atoms with van der Waals surface area (Å²) in [4.78, 5) is 0. The quantitative estimate of drug-likeness (QED) is 0.852. The number of aliphatic hydroxyl groups is 1. The van der Waals surface area contributed by atoms with Gasteiger partial charge in [-0.05, 0) is 12.0 Å². The standard InChI is InChI=1S/C13H16N2O/c1-2-13(16)12-8-14-15(10-12)9-11-6-4-3-5-7-11/h3-8,10,13,16H,2,9H2,1H3. The van der Waals surface area contributed by atoms with Crippen LogP contribution >= 0.6 is 0 Å². The van der Waals surface area contributed by atoms with Crippen molar-refractivity contribution in [2.75, 3.05) is 0 Å². The average Bonchev–Trinajstić information content (AvgIpc) is 2.78. The minimum Gasteiger partial charge on any atom is -0.388 e. The van der Waals surface area contributed by atoms with E-state index >= 15 is 0 Å². The molecule has 3 heteroatoms. The second-order valence-electron chi connectivity index (χ2n) is 3.88. The highest BCUT2D eigenvalue weighted by molar-refractivity contribution is 5.16. The van der Waals surface area contributed by atoms with Gasteiger partial charge in [0.25, 0.3) is 0 Å². The smallest absolute Gasteiger partial charge is 0.0817 e. The van der Waals surface area contributed by atoms with Crippen LogP contribution in [0.15, 0.2) is 42.7 Å². The fourth-order valence-corrected chi connectivity index (χ4v) is 1.64. The van der Waals surface area contributed by atoms with Crippen molar-refractivity contribution >= 4 is 0 Å². The van der Waals surface area contributed by atoms with Crippen molar-refractivity contribution in [3.63, 3.8) is 0 Å². The maximum Gasteiger partial charge on any atom is 0.0817 e. The third-order valence-electron chi connectivity index (χ3n) is 2.61. The normalized spacial score (nSPS) is 12.6. The molecule has 0 amide bonds. The average molecular weight is 216 g/mol. The largest absolute Gasteiger partial charge is 0.388 e. The zero-order chi connectivity index (χ0) is 11.4. The molecule has 1 heterocycles. The summed E-state index contributed by atoms with van der Waals surface area (Å²) in [7, 11) is 0. The molecule has 0 bridgehead atoms. The van der Waals surface area contributed by atoms with Gasteiger partial charge in [0.2, 0.25) is 0 Å². The molecule has 0 aliphatic carbocycles. The third kappa shape index (κ3) is 2.49. The van der Waals surface area contributed by atoms with E-state index in [0.717, 1.165) is 18.5 Å². The maximum absolute atomic E-state index is 9.66. The Morgan fingerprint density at radius 2 is 2.06 bits per heavy atom. The molecule has 16 heavy (non-hydrogen) atoms. The lowest BCUT2D eigenvalue weighted by molar-refractivity contribution is 0.173. The van der Waals surface area contributed by atoms with Crippen LogP contribution in [0.3, 0.4) is 0 Å². The number of nitrogens with zero attached hydrogens (tertiary/aromatic N) is 2. The molecule has 0 fully saturated rings. The van der Waals surface area contributed by atoms with Gasteiger partial charge in [-0.25, -0.2) is 0 Å². The molecule has 84 valence electrons. The molecule has 1 aromatic carbocycles. The monoisotopic (exact) mass is 216 g/mol. The first-order valence-corrected chi connectivity index (χ1v) is 5.54. The van der Waals surface area contributed by atoms with Crippen molar-refractivity contribution in [2.24, 2.45) is 0 Å². The van der Waals surface area contributed by atoms with Crippen LogP contribution in [-0.2, 0) is 6.54 Å². The van der Waals surface area contributed by atoms with E-state index in [4.69, 9.17) is 0 Å². The Hall–Kier alpha value is -1.61. The van der Waals surface area contributed by atoms with Gasteiger partial charge in [0.05, 0.1) is 18.8 Å². The number of benzene rings is 1. The molecule has 3 nitrogen and oxygen atoms in total. The van der Waals surface area contributed by atoms with Crippen molar-refractivity contribution < 1.29 is 5.11 Å². The van der Waals surface area contributed by atoms with Crippen LogP contribution in [0.5, 0.6) is 0 Å². The molecule has 1 N–H and O–H groups in total. The van der Waals surface area contributed by atoms with Crippen LogP contribution in [0.1, 0.15) is 30.6 Å². The molecule has 0 radical (unpaired) electrons. The summed E-state index contributed by atoms with van der Waals surface area (Å²) in [6.07, 6.45) is 3.96. The molecule has 2 rings (SSSR count). The minimum atomic E-state index is -0.399. The van der Waals surface area contributed by atoms with Gasteiger partial charge in [-0.1, -0.05) is 37.3 Å². The molecule has 0 saturated heterocycles. The van der Waals surface area contributed by atoms with E-state index in [9.17, 15) is 5.11 Å². The van der Waals surface area contributed by atoms with Crippen LogP contribution in [0, 0.1) is 0 Å². The van der Waals surface area contributed by atoms with E-state index in [2.05, 4.69) is 17.2 Å². The number of rotatable bonds is 4. The molecule has 2 aromatic rings. The van der Waals surface area contributed by atoms with Crippen molar-refractivity contribution in [1.29, 1.82) is 0 Å². The van der Waals surface area contributed by atoms with Gasteiger partial charge in [-0.2, -0.15) is 5.10 Å². The predicted molar refractivity (Wildman–Crippen MR) is 63.0 cm³/mol. The van der Waals surface area contributed by atoms with Gasteiger partial charge < -0.3 is 5.11 Å². The lowest BCUT2D eigenvalue weighted by atomic mass is 10.1. The van der Waals surface area contributed by atoms with Crippen molar-refractivity contribution in [3.8, 4) is 0 Å². The molecule has 0 aliphatic heterocycles. The summed E-state index contributed by atoms with van der Waals surface area (Å²) in [5, 5.41) is 13.9. The van der Waals surface area contributed by atoms with Gasteiger partial charge in [0.15, 0.2) is 0 Å². The molecule has 1 unspecified atom stereocenters. The molecule has 0 saturated carbocycles. The molecule has 0 aliphatic rings. The van der Waals surface area contributed by atoms with Gasteiger partial charge >= 0.3 is 0 Å². The summed E-state index contributed by atoms with van der Waals surface area (Å²) in [5.41, 5.74) is 2.10. The van der Waals surface area contributed by atoms with E-state index in [1.54, 1.807) is 6.20 Å². The summed E-state index contributed by atoms with van der Waals surface area (Å²) in [6, 6.07) is 10.2. The van der Waals surface area contributed by atoms with E-state index in [1.165, 1.54) is 5.56 Å². The highest BCUT2D eigenvalue weighted by Crippen LogP contribution is 2.15. The Bertz CT molecular complexity index is 436. The van der Waals surface area contributed by atoms with Gasteiger partial charge in [0.1, 0.15) is 0 Å². The van der Waals surface area contributed by atoms with E-state index < -0.39 is 6.10 Å². The fourth-order valence-electron chi connectivity index (χ4n) is 1.64. The number of hydrogen-bond acceptors (Lipinski definition) is 2. The van der Waals surface area contributed by atoms with E-state index in [1.807, 2.05) is 36.0 Å². The third-order valence-corrected chi connectivity index (χ3v) is 2.61. The molecule has 1 atom stereocenters. The molecular formula is C13H16N2O. The Balaban J connectivity index is 2.09. The maximum atomic E-state index is 9.66. The Morgan fingerprint density at radius 3 is 2.75 bits per heavy atom. The Labute approximate surface area is 95.3 Å². The Kier molecular flexibility index (Phi) is 3.37. The van der Waals surface area contributed by atoms with Crippen molar-refractivity contribution in [2.45, 2.75) is 26.0 Å². The van der Waals surface area contributed by atoms with Crippen LogP contribution in [0.2, 0.25) is 0 Å². The summed E-state index contributed by atoms with van der Waals surface area (Å²) in [5.74, 6) is 0. The van der Waals surface area contributed by atoms with Gasteiger partial charge in [-0.15, -0.1) is 0 Å². The van der Waals surface area contributed by atoms with Crippen LogP contribution in [0.4, 0.5) is 0 Å². The first-order chi connectivity index (χ1) is 7.79. The fraction of sp³-hybridized carbons (Fsp3) is 0.308. The summed E-state index contributed by atoms with van der Waals surface area (Å²) < 4.78 is 1.85. The lowest BCUT2D eigenvalue weighted by Crippen LogP contribution is -1.99. The van der Waals surface area contributed by atoms with Crippen molar-refractivity contribution in [1.82, 2.24) is 9.78 Å². The SMILES string of the molecule is CCC(O)c1cnn(Cc2ccccc2)c1. The summed E-state index contributed by atoms with van der Waals surface area (Å²) >= 11 is 0. The van der Waals surface area contributed by atoms with Crippen LogP contribution in [-0.4, -0.2) is 14.9 Å². The zero-order valence-electron chi connectivity index (χ0n) is 9.37. The van der Waals surface area contributed by atoms with Gasteiger partial charge in [0, 0.05) is 11.8 Å². The number of aromatic nitrogens is 2. The lowest BCUT2D eigenvalue weighted by Gasteiger charge is -2.03. The van der Waals surface area contributed by atoms with Crippen LogP contribution in [0.25, 0.3) is 0 Å². The topological polar surface area (TPSA) is 38.1 Å². The first kappa shape index (κ1) is 10.9. The summed E-state index contributed by atoms with van der Waals surface area (Å²) in [6.45, 7) is 2.70. The second-order valence-corrected chi connectivity index (χ2v) is 3.88. The van der Waals surface area contributed by atoms with E-state index in [-0.39, 0.29) is 0 Å². The Morgan fingerprint density at radius 1 is 1.31 bits per heavy atom. The highest BCUT2D eigenvalue weighted by atomic mass is 16.3. The number of aliphatic hydroxyl groups excluding tert-OH is 1. The van der Waals surface area contributed by atoms with E-state index in [0.29, 0.717) is 0 Å². The number of hydrogen-bond donors (Lipinski definition) is 1. The zero-order valence-corrected chi connectivity index (χ0v) is 9.37. The van der Waals surface area contributed by atoms with Crippen LogP contribution < -0.4 is 0 Å². The predicted octanol–water partition coefficient (Wildman–Crippen LogP) is 2.37. The second kappa shape index (κ2) is 4.94. The van der Waals surface area contributed by atoms with Crippen molar-refractivity contribution in [3.05, 3.63) is 53.9 Å². The molecular weight excluding hydrogens is 200 g/mol.